The first-order valence-electron chi connectivity index (χ1n) is 4.42. The molecule has 0 amide bonds. The lowest BCUT2D eigenvalue weighted by atomic mass is 10.1. The molecule has 0 aromatic heterocycles. The Morgan fingerprint density at radius 1 is 1.38 bits per heavy atom. The zero-order valence-electron chi connectivity index (χ0n) is 8.76. The Kier molecular flexibility index (Phi) is 10.1. The van der Waals surface area contributed by atoms with Gasteiger partial charge in [-0.25, -0.2) is 0 Å². The first-order chi connectivity index (χ1) is 5.92. The standard InChI is InChI=1S/C5H9BrO2.C4H10O/c1-3-5(2,6)4(7)8;1-3-5-4-2/h3H2,1-2H3,(H,7,8);3-4H2,1-2H3. The van der Waals surface area contributed by atoms with Crippen molar-refractivity contribution in [1.29, 1.82) is 0 Å². The normalized spacial score (nSPS) is 13.9. The summed E-state index contributed by atoms with van der Waals surface area (Å²) in [5.41, 5.74) is 0. The smallest absolute Gasteiger partial charge is 0.320 e. The number of halogens is 1. The van der Waals surface area contributed by atoms with E-state index in [1.807, 2.05) is 20.8 Å². The summed E-state index contributed by atoms with van der Waals surface area (Å²) in [6.45, 7) is 9.12. The van der Waals surface area contributed by atoms with E-state index >= 15 is 0 Å². The molecule has 4 heteroatoms. The number of carbonyl (C=O) groups is 1. The van der Waals surface area contributed by atoms with E-state index in [1.165, 1.54) is 0 Å². The molecule has 0 saturated heterocycles. The van der Waals surface area contributed by atoms with Crippen LogP contribution in [0.3, 0.4) is 0 Å². The highest BCUT2D eigenvalue weighted by molar-refractivity contribution is 9.10. The van der Waals surface area contributed by atoms with Crippen LogP contribution in [0.5, 0.6) is 0 Å². The van der Waals surface area contributed by atoms with Crippen molar-refractivity contribution in [2.45, 2.75) is 38.4 Å². The molecule has 0 aliphatic heterocycles. The number of hydrogen-bond acceptors (Lipinski definition) is 2. The van der Waals surface area contributed by atoms with E-state index < -0.39 is 10.3 Å². The molecule has 0 bridgehead atoms. The fourth-order valence-corrected chi connectivity index (χ4v) is 0.355. The summed E-state index contributed by atoms with van der Waals surface area (Å²) in [6, 6.07) is 0. The van der Waals surface area contributed by atoms with Crippen molar-refractivity contribution < 1.29 is 14.6 Å². The molecule has 0 radical (unpaired) electrons. The summed E-state index contributed by atoms with van der Waals surface area (Å²) in [5.74, 6) is -0.806. The summed E-state index contributed by atoms with van der Waals surface area (Å²) in [5, 5.41) is 8.39. The number of alkyl halides is 1. The Bertz CT molecular complexity index is 133. The summed E-state index contributed by atoms with van der Waals surface area (Å²) < 4.78 is 4.10. The number of carboxylic acids is 1. The molecule has 0 heterocycles. The first-order valence-corrected chi connectivity index (χ1v) is 5.21. The zero-order chi connectivity index (χ0) is 10.9. The maximum atomic E-state index is 10.2. The fraction of sp³-hybridized carbons (Fsp3) is 0.889. The van der Waals surface area contributed by atoms with Crippen LogP contribution in [-0.4, -0.2) is 28.6 Å². The second-order valence-electron chi connectivity index (χ2n) is 2.64. The van der Waals surface area contributed by atoms with Gasteiger partial charge in [0.25, 0.3) is 0 Å². The molecule has 0 spiro atoms. The van der Waals surface area contributed by atoms with E-state index in [-0.39, 0.29) is 0 Å². The summed E-state index contributed by atoms with van der Waals surface area (Å²) in [7, 11) is 0. The molecule has 0 aromatic rings. The minimum Gasteiger partial charge on any atom is -0.480 e. The third-order valence-electron chi connectivity index (χ3n) is 1.52. The molecular formula is C9H19BrO3. The van der Waals surface area contributed by atoms with Crippen LogP contribution in [0, 0.1) is 0 Å². The topological polar surface area (TPSA) is 46.5 Å². The van der Waals surface area contributed by atoms with Gasteiger partial charge in [0, 0.05) is 13.2 Å². The molecule has 80 valence electrons. The number of rotatable bonds is 4. The molecule has 1 N–H and O–H groups in total. The predicted molar refractivity (Wildman–Crippen MR) is 57.4 cm³/mol. The second-order valence-corrected chi connectivity index (χ2v) is 4.39. The Labute approximate surface area is 88.6 Å². The highest BCUT2D eigenvalue weighted by Gasteiger charge is 2.26. The molecule has 13 heavy (non-hydrogen) atoms. The molecule has 0 fully saturated rings. The van der Waals surface area contributed by atoms with E-state index in [0.29, 0.717) is 6.42 Å². The summed E-state index contributed by atoms with van der Waals surface area (Å²) >= 11 is 3.05. The molecule has 1 unspecified atom stereocenters. The highest BCUT2D eigenvalue weighted by Crippen LogP contribution is 2.20. The van der Waals surface area contributed by atoms with Crippen molar-refractivity contribution in [3.05, 3.63) is 0 Å². The Balaban J connectivity index is 0. The van der Waals surface area contributed by atoms with E-state index in [4.69, 9.17) is 9.84 Å². The van der Waals surface area contributed by atoms with Crippen molar-refractivity contribution in [3.8, 4) is 0 Å². The van der Waals surface area contributed by atoms with Crippen molar-refractivity contribution in [2.75, 3.05) is 13.2 Å². The van der Waals surface area contributed by atoms with Gasteiger partial charge < -0.3 is 9.84 Å². The third-order valence-corrected chi connectivity index (χ3v) is 2.42. The van der Waals surface area contributed by atoms with Gasteiger partial charge in [0.1, 0.15) is 4.32 Å². The monoisotopic (exact) mass is 254 g/mol. The van der Waals surface area contributed by atoms with Crippen LogP contribution < -0.4 is 0 Å². The van der Waals surface area contributed by atoms with Crippen LogP contribution >= 0.6 is 15.9 Å². The zero-order valence-corrected chi connectivity index (χ0v) is 10.3. The van der Waals surface area contributed by atoms with Gasteiger partial charge >= 0.3 is 5.97 Å². The van der Waals surface area contributed by atoms with Crippen LogP contribution in [0.2, 0.25) is 0 Å². The van der Waals surface area contributed by atoms with Crippen molar-refractivity contribution >= 4 is 21.9 Å². The third kappa shape index (κ3) is 9.83. The second kappa shape index (κ2) is 8.51. The van der Waals surface area contributed by atoms with Crippen molar-refractivity contribution in [1.82, 2.24) is 0 Å². The number of hydrogen-bond donors (Lipinski definition) is 1. The molecule has 0 rings (SSSR count). The average molecular weight is 255 g/mol. The molecule has 1 atom stereocenters. The van der Waals surface area contributed by atoms with Gasteiger partial charge in [-0.1, -0.05) is 22.9 Å². The lowest BCUT2D eigenvalue weighted by molar-refractivity contribution is -0.139. The van der Waals surface area contributed by atoms with Gasteiger partial charge in [-0.2, -0.15) is 0 Å². The van der Waals surface area contributed by atoms with Gasteiger partial charge in [-0.3, -0.25) is 4.79 Å². The van der Waals surface area contributed by atoms with Crippen LogP contribution in [0.25, 0.3) is 0 Å². The van der Waals surface area contributed by atoms with Gasteiger partial charge in [0.15, 0.2) is 0 Å². The number of aliphatic carboxylic acids is 1. The molecule has 3 nitrogen and oxygen atoms in total. The van der Waals surface area contributed by atoms with Gasteiger partial charge in [0.05, 0.1) is 0 Å². The fourth-order valence-electron chi connectivity index (χ4n) is 0.355. The van der Waals surface area contributed by atoms with Crippen LogP contribution in [0.15, 0.2) is 0 Å². The van der Waals surface area contributed by atoms with E-state index in [9.17, 15) is 4.79 Å². The maximum Gasteiger partial charge on any atom is 0.320 e. The largest absolute Gasteiger partial charge is 0.480 e. The average Bonchev–Trinajstić information content (AvgIpc) is 2.07. The van der Waals surface area contributed by atoms with E-state index in [1.54, 1.807) is 6.92 Å². The van der Waals surface area contributed by atoms with E-state index in [0.717, 1.165) is 13.2 Å². The highest BCUT2D eigenvalue weighted by atomic mass is 79.9. The predicted octanol–water partition coefficient (Wildman–Crippen LogP) is 2.68. The van der Waals surface area contributed by atoms with Crippen molar-refractivity contribution in [2.24, 2.45) is 0 Å². The summed E-state index contributed by atoms with van der Waals surface area (Å²) in [6.07, 6.45) is 0.600. The number of carboxylic acid groups (broad SMARTS) is 1. The molecule has 0 saturated carbocycles. The van der Waals surface area contributed by atoms with Crippen LogP contribution in [0.4, 0.5) is 0 Å². The summed E-state index contributed by atoms with van der Waals surface area (Å²) in [4.78, 5) is 10.2. The van der Waals surface area contributed by atoms with E-state index in [2.05, 4.69) is 15.9 Å². The number of ether oxygens (including phenoxy) is 1. The minimum absolute atomic E-state index is 0.600. The van der Waals surface area contributed by atoms with Gasteiger partial charge in [-0.15, -0.1) is 0 Å². The van der Waals surface area contributed by atoms with Crippen LogP contribution in [-0.2, 0) is 9.53 Å². The lowest BCUT2D eigenvalue weighted by Crippen LogP contribution is -2.26. The maximum absolute atomic E-state index is 10.2. The van der Waals surface area contributed by atoms with Crippen LogP contribution in [0.1, 0.15) is 34.1 Å². The molecular weight excluding hydrogens is 236 g/mol. The van der Waals surface area contributed by atoms with Crippen molar-refractivity contribution in [3.63, 3.8) is 0 Å². The Hall–Kier alpha value is -0.0900. The molecule has 0 aliphatic rings. The Morgan fingerprint density at radius 3 is 1.77 bits per heavy atom. The SMILES string of the molecule is CCC(C)(Br)C(=O)O.CCOCC. The lowest BCUT2D eigenvalue weighted by Gasteiger charge is -2.12. The molecule has 0 aromatic carbocycles. The molecule has 0 aliphatic carbocycles. The quantitative estimate of drug-likeness (QED) is 0.785. The van der Waals surface area contributed by atoms with Gasteiger partial charge in [-0.05, 0) is 27.2 Å². The van der Waals surface area contributed by atoms with Gasteiger partial charge in [0.2, 0.25) is 0 Å². The minimum atomic E-state index is -0.806. The first kappa shape index (κ1) is 15.4. The Morgan fingerprint density at radius 2 is 1.77 bits per heavy atom.